The molecule has 2 aromatic rings. The van der Waals surface area contributed by atoms with Crippen LogP contribution >= 0.6 is 11.8 Å². The molecule has 0 saturated carbocycles. The molecule has 6 nitrogen and oxygen atoms in total. The van der Waals surface area contributed by atoms with E-state index >= 15 is 0 Å². The van der Waals surface area contributed by atoms with Crippen LogP contribution < -0.4 is 5.32 Å². The quantitative estimate of drug-likeness (QED) is 0.666. The molecule has 1 aliphatic rings. The van der Waals surface area contributed by atoms with Crippen molar-refractivity contribution in [1.29, 1.82) is 0 Å². The first kappa shape index (κ1) is 16.7. The largest absolute Gasteiger partial charge is 0.325 e. The summed E-state index contributed by atoms with van der Waals surface area (Å²) in [5.41, 5.74) is 1.22. The van der Waals surface area contributed by atoms with Gasteiger partial charge in [-0.15, -0.1) is 10.2 Å². The Morgan fingerprint density at radius 1 is 1.25 bits per heavy atom. The number of nitrogens with one attached hydrogen (secondary N) is 1. The molecule has 24 heavy (non-hydrogen) atoms. The predicted molar refractivity (Wildman–Crippen MR) is 93.4 cm³/mol. The Labute approximate surface area is 145 Å². The zero-order valence-corrected chi connectivity index (χ0v) is 14.4. The minimum atomic E-state index is -0.119. The summed E-state index contributed by atoms with van der Waals surface area (Å²) in [7, 11) is 0. The highest BCUT2D eigenvalue weighted by Gasteiger charge is 2.16. The monoisotopic (exact) mass is 344 g/mol. The van der Waals surface area contributed by atoms with Crippen molar-refractivity contribution in [3.63, 3.8) is 0 Å². The third-order valence-corrected chi connectivity index (χ3v) is 4.93. The van der Waals surface area contributed by atoms with E-state index in [-0.39, 0.29) is 17.4 Å². The van der Waals surface area contributed by atoms with Gasteiger partial charge < -0.3 is 9.88 Å². The predicted octanol–water partition coefficient (Wildman–Crippen LogP) is 2.94. The first-order valence-corrected chi connectivity index (χ1v) is 9.08. The molecular formula is C17H20N4O2S. The van der Waals surface area contributed by atoms with Gasteiger partial charge in [-0.1, -0.05) is 30.3 Å². The number of aromatic nitrogens is 3. The zero-order valence-electron chi connectivity index (χ0n) is 13.6. The Morgan fingerprint density at radius 3 is 2.96 bits per heavy atom. The second kappa shape index (κ2) is 7.61. The summed E-state index contributed by atoms with van der Waals surface area (Å²) in [4.78, 5) is 23.5. The van der Waals surface area contributed by atoms with E-state index in [4.69, 9.17) is 0 Å². The summed E-state index contributed by atoms with van der Waals surface area (Å²) in [6.45, 7) is 2.43. The average molecular weight is 344 g/mol. The van der Waals surface area contributed by atoms with Crippen molar-refractivity contribution in [3.05, 3.63) is 35.7 Å². The lowest BCUT2D eigenvalue weighted by atomic mass is 10.1. The van der Waals surface area contributed by atoms with Crippen molar-refractivity contribution in [3.8, 4) is 0 Å². The van der Waals surface area contributed by atoms with Gasteiger partial charge in [0.25, 0.3) is 0 Å². The van der Waals surface area contributed by atoms with Crippen LogP contribution in [0.1, 0.15) is 42.4 Å². The summed E-state index contributed by atoms with van der Waals surface area (Å²) < 4.78 is 2.13. The lowest BCUT2D eigenvalue weighted by Gasteiger charge is -2.08. The van der Waals surface area contributed by atoms with Gasteiger partial charge in [0.05, 0.1) is 5.75 Å². The van der Waals surface area contributed by atoms with Gasteiger partial charge in [0.2, 0.25) is 5.91 Å². The summed E-state index contributed by atoms with van der Waals surface area (Å²) in [5.74, 6) is 1.14. The fourth-order valence-corrected chi connectivity index (χ4v) is 3.49. The Kier molecular flexibility index (Phi) is 5.30. The molecule has 0 spiro atoms. The van der Waals surface area contributed by atoms with E-state index < -0.39 is 0 Å². The van der Waals surface area contributed by atoms with Crippen LogP contribution in [0.3, 0.4) is 0 Å². The van der Waals surface area contributed by atoms with E-state index in [2.05, 4.69) is 20.1 Å². The van der Waals surface area contributed by atoms with Crippen LogP contribution in [0.15, 0.2) is 29.4 Å². The number of aryl methyl sites for hydroxylation is 1. The van der Waals surface area contributed by atoms with Crippen molar-refractivity contribution >= 4 is 29.1 Å². The van der Waals surface area contributed by atoms with Crippen LogP contribution in [0.4, 0.5) is 5.69 Å². The Morgan fingerprint density at radius 2 is 2.12 bits per heavy atom. The van der Waals surface area contributed by atoms with E-state index in [0.717, 1.165) is 36.8 Å². The molecule has 0 aliphatic carbocycles. The second-order valence-corrected chi connectivity index (χ2v) is 6.78. The van der Waals surface area contributed by atoms with E-state index in [1.165, 1.54) is 25.1 Å². The molecule has 0 bridgehead atoms. The number of anilines is 1. The number of fused-ring (bicyclic) bond motifs is 1. The second-order valence-electron chi connectivity index (χ2n) is 5.83. The molecule has 0 unspecified atom stereocenters. The van der Waals surface area contributed by atoms with Crippen LogP contribution in [-0.2, 0) is 17.8 Å². The van der Waals surface area contributed by atoms with Crippen molar-refractivity contribution in [1.82, 2.24) is 14.8 Å². The fraction of sp³-hybridized carbons (Fsp3) is 0.412. The Balaban J connectivity index is 1.59. The fourth-order valence-electron chi connectivity index (χ4n) is 2.71. The molecule has 1 amide bonds. The smallest absolute Gasteiger partial charge is 0.234 e. The standard InChI is InChI=1S/C17H20N4O2S/c1-12(22)13-6-5-7-14(10-13)18-16(23)11-24-17-20-19-15-8-3-2-4-9-21(15)17/h5-7,10H,2-4,8-9,11H2,1H3,(H,18,23). The normalized spacial score (nSPS) is 13.9. The lowest BCUT2D eigenvalue weighted by Crippen LogP contribution is -2.15. The highest BCUT2D eigenvalue weighted by Crippen LogP contribution is 2.22. The van der Waals surface area contributed by atoms with Crippen LogP contribution in [0.25, 0.3) is 0 Å². The number of hydrogen-bond acceptors (Lipinski definition) is 5. The van der Waals surface area contributed by atoms with E-state index in [9.17, 15) is 9.59 Å². The molecule has 126 valence electrons. The van der Waals surface area contributed by atoms with Crippen molar-refractivity contribution in [2.75, 3.05) is 11.1 Å². The van der Waals surface area contributed by atoms with Crippen LogP contribution in [-0.4, -0.2) is 32.2 Å². The third-order valence-electron chi connectivity index (χ3n) is 3.96. The number of ketones is 1. The maximum Gasteiger partial charge on any atom is 0.234 e. The Hall–Kier alpha value is -2.15. The van der Waals surface area contributed by atoms with Crippen LogP contribution in [0.2, 0.25) is 0 Å². The average Bonchev–Trinajstić information content (AvgIpc) is 2.80. The van der Waals surface area contributed by atoms with Crippen molar-refractivity contribution in [2.45, 2.75) is 44.3 Å². The zero-order chi connectivity index (χ0) is 16.9. The molecule has 0 fully saturated rings. The molecule has 0 radical (unpaired) electrons. The summed E-state index contributed by atoms with van der Waals surface area (Å²) in [6.07, 6.45) is 4.44. The number of benzene rings is 1. The molecule has 0 saturated heterocycles. The number of nitrogens with zero attached hydrogens (tertiary/aromatic N) is 3. The van der Waals surface area contributed by atoms with Gasteiger partial charge in [-0.05, 0) is 31.9 Å². The van der Waals surface area contributed by atoms with E-state index in [0.29, 0.717) is 11.3 Å². The number of Topliss-reactive ketones (excluding diaryl/α,β-unsaturated/α-hetero) is 1. The minimum Gasteiger partial charge on any atom is -0.325 e. The number of carbonyl (C=O) groups excluding carboxylic acids is 2. The first-order chi connectivity index (χ1) is 11.6. The van der Waals surface area contributed by atoms with Gasteiger partial charge in [0, 0.05) is 24.2 Å². The highest BCUT2D eigenvalue weighted by molar-refractivity contribution is 7.99. The molecule has 1 N–H and O–H groups in total. The number of rotatable bonds is 5. The summed E-state index contributed by atoms with van der Waals surface area (Å²) >= 11 is 1.40. The number of carbonyl (C=O) groups is 2. The molecule has 7 heteroatoms. The van der Waals surface area contributed by atoms with E-state index in [1.54, 1.807) is 24.3 Å². The van der Waals surface area contributed by atoms with Gasteiger partial charge in [-0.25, -0.2) is 0 Å². The van der Waals surface area contributed by atoms with Crippen molar-refractivity contribution in [2.24, 2.45) is 0 Å². The van der Waals surface area contributed by atoms with Gasteiger partial charge in [-0.3, -0.25) is 9.59 Å². The number of hydrogen-bond donors (Lipinski definition) is 1. The topological polar surface area (TPSA) is 76.9 Å². The Bertz CT molecular complexity index is 757. The lowest BCUT2D eigenvalue weighted by molar-refractivity contribution is -0.113. The summed E-state index contributed by atoms with van der Waals surface area (Å²) in [6, 6.07) is 6.96. The molecule has 1 aliphatic heterocycles. The molecule has 1 aromatic carbocycles. The minimum absolute atomic E-state index is 0.0216. The molecule has 2 heterocycles. The maximum absolute atomic E-state index is 12.2. The van der Waals surface area contributed by atoms with E-state index in [1.807, 2.05) is 0 Å². The number of amides is 1. The van der Waals surface area contributed by atoms with Gasteiger partial charge >= 0.3 is 0 Å². The molecule has 0 atom stereocenters. The molecular weight excluding hydrogens is 324 g/mol. The van der Waals surface area contributed by atoms with Gasteiger partial charge in [-0.2, -0.15) is 0 Å². The number of thioether (sulfide) groups is 1. The van der Waals surface area contributed by atoms with Crippen molar-refractivity contribution < 1.29 is 9.59 Å². The maximum atomic E-state index is 12.2. The molecule has 3 rings (SSSR count). The first-order valence-electron chi connectivity index (χ1n) is 8.09. The van der Waals surface area contributed by atoms with Gasteiger partial charge in [0.15, 0.2) is 10.9 Å². The van der Waals surface area contributed by atoms with Gasteiger partial charge in [0.1, 0.15) is 5.82 Å². The summed E-state index contributed by atoms with van der Waals surface area (Å²) in [5, 5.41) is 12.1. The third kappa shape index (κ3) is 4.03. The molecule has 1 aromatic heterocycles. The highest BCUT2D eigenvalue weighted by atomic mass is 32.2. The SMILES string of the molecule is CC(=O)c1cccc(NC(=O)CSc2nnc3n2CCCCC3)c1. The van der Waals surface area contributed by atoms with Crippen LogP contribution in [0, 0.1) is 0 Å². The van der Waals surface area contributed by atoms with Crippen LogP contribution in [0.5, 0.6) is 0 Å².